The molecule has 0 unspecified atom stereocenters. The van der Waals surface area contributed by atoms with Crippen LogP contribution in [0, 0.1) is 25.6 Å². The van der Waals surface area contributed by atoms with E-state index in [0.29, 0.717) is 5.69 Å². The molecule has 1 atom stereocenters. The number of halogens is 1. The highest BCUT2D eigenvalue weighted by Crippen LogP contribution is 2.59. The minimum atomic E-state index is -0.312. The summed E-state index contributed by atoms with van der Waals surface area (Å²) in [7, 11) is 0. The van der Waals surface area contributed by atoms with Crippen LogP contribution >= 0.6 is 0 Å². The highest BCUT2D eigenvalue weighted by atomic mass is 19.1. The van der Waals surface area contributed by atoms with E-state index >= 15 is 0 Å². The third kappa shape index (κ3) is 3.25. The van der Waals surface area contributed by atoms with Gasteiger partial charge in [0.1, 0.15) is 5.82 Å². The normalized spacial score (nSPS) is 17.4. The smallest absolute Gasteiger partial charge is 0.228 e. The van der Waals surface area contributed by atoms with Crippen LogP contribution in [0.25, 0.3) is 0 Å². The van der Waals surface area contributed by atoms with E-state index in [2.05, 4.69) is 67.7 Å². The van der Waals surface area contributed by atoms with Gasteiger partial charge in [0, 0.05) is 11.1 Å². The topological polar surface area (TPSA) is 29.1 Å². The van der Waals surface area contributed by atoms with Gasteiger partial charge >= 0.3 is 0 Å². The standard InChI is InChI=1S/C24H22FNO/c1-16-3-7-18(8-4-16)24(19-9-5-17(2)6-10-19)15-22(24)23(27)26-21-13-11-20(25)12-14-21/h3-14,22H,15H2,1-2H3,(H,26,27)/t22-/m0/s1. The predicted octanol–water partition coefficient (Wildman–Crippen LogP) is 5.39. The zero-order valence-electron chi connectivity index (χ0n) is 15.5. The number of anilines is 1. The first-order valence-corrected chi connectivity index (χ1v) is 9.20. The summed E-state index contributed by atoms with van der Waals surface area (Å²) in [5.41, 5.74) is 5.05. The summed E-state index contributed by atoms with van der Waals surface area (Å²) in [6.07, 6.45) is 0.770. The van der Waals surface area contributed by atoms with Crippen LogP contribution in [-0.2, 0) is 10.2 Å². The van der Waals surface area contributed by atoms with Crippen molar-refractivity contribution in [2.24, 2.45) is 5.92 Å². The predicted molar refractivity (Wildman–Crippen MR) is 106 cm³/mol. The molecule has 0 saturated heterocycles. The van der Waals surface area contributed by atoms with E-state index in [9.17, 15) is 9.18 Å². The summed E-state index contributed by atoms with van der Waals surface area (Å²) in [6.45, 7) is 4.13. The molecule has 0 heterocycles. The zero-order chi connectivity index (χ0) is 19.0. The summed E-state index contributed by atoms with van der Waals surface area (Å²) in [6, 6.07) is 22.8. The molecule has 1 saturated carbocycles. The van der Waals surface area contributed by atoms with E-state index in [-0.39, 0.29) is 23.1 Å². The van der Waals surface area contributed by atoms with Crippen molar-refractivity contribution >= 4 is 11.6 Å². The second kappa shape index (κ2) is 6.66. The lowest BCUT2D eigenvalue weighted by atomic mass is 9.85. The molecule has 4 rings (SSSR count). The fraction of sp³-hybridized carbons (Fsp3) is 0.208. The number of carbonyl (C=O) groups excluding carboxylic acids is 1. The van der Waals surface area contributed by atoms with Gasteiger partial charge in [-0.1, -0.05) is 59.7 Å². The van der Waals surface area contributed by atoms with E-state index < -0.39 is 0 Å². The van der Waals surface area contributed by atoms with Gasteiger partial charge < -0.3 is 5.32 Å². The molecule has 3 aromatic rings. The summed E-state index contributed by atoms with van der Waals surface area (Å²) in [5, 5.41) is 2.94. The van der Waals surface area contributed by atoms with Crippen LogP contribution in [0.2, 0.25) is 0 Å². The highest BCUT2D eigenvalue weighted by molar-refractivity contribution is 5.97. The number of amides is 1. The Morgan fingerprint density at radius 3 is 1.81 bits per heavy atom. The summed E-state index contributed by atoms with van der Waals surface area (Å²) in [4.78, 5) is 13.0. The van der Waals surface area contributed by atoms with Crippen LogP contribution < -0.4 is 5.32 Å². The molecule has 1 fully saturated rings. The molecule has 0 aromatic heterocycles. The maximum Gasteiger partial charge on any atom is 0.228 e. The molecular weight excluding hydrogens is 337 g/mol. The third-order valence-corrected chi connectivity index (χ3v) is 5.52. The monoisotopic (exact) mass is 359 g/mol. The average molecular weight is 359 g/mol. The Morgan fingerprint density at radius 1 is 0.852 bits per heavy atom. The lowest BCUT2D eigenvalue weighted by Gasteiger charge is -2.19. The van der Waals surface area contributed by atoms with Crippen molar-refractivity contribution in [3.05, 3.63) is 101 Å². The fourth-order valence-corrected chi connectivity index (χ4v) is 3.85. The Balaban J connectivity index is 1.66. The van der Waals surface area contributed by atoms with Gasteiger partial charge in [0.15, 0.2) is 0 Å². The van der Waals surface area contributed by atoms with Crippen LogP contribution in [0.15, 0.2) is 72.8 Å². The number of rotatable bonds is 4. The van der Waals surface area contributed by atoms with Gasteiger partial charge in [-0.3, -0.25) is 4.79 Å². The van der Waals surface area contributed by atoms with E-state index in [1.54, 1.807) is 12.1 Å². The molecular formula is C24H22FNO. The molecule has 2 nitrogen and oxygen atoms in total. The van der Waals surface area contributed by atoms with Crippen molar-refractivity contribution < 1.29 is 9.18 Å². The molecule has 1 aliphatic carbocycles. The van der Waals surface area contributed by atoms with Crippen molar-refractivity contribution in [1.29, 1.82) is 0 Å². The first-order chi connectivity index (χ1) is 13.0. The molecule has 1 amide bonds. The number of nitrogens with one attached hydrogen (secondary N) is 1. The first kappa shape index (κ1) is 17.5. The Labute approximate surface area is 159 Å². The number of carbonyl (C=O) groups is 1. The summed E-state index contributed by atoms with van der Waals surface area (Å²) < 4.78 is 13.1. The van der Waals surface area contributed by atoms with Crippen molar-refractivity contribution in [2.45, 2.75) is 25.7 Å². The Bertz CT molecular complexity index is 913. The van der Waals surface area contributed by atoms with Gasteiger partial charge in [-0.25, -0.2) is 4.39 Å². The van der Waals surface area contributed by atoms with Gasteiger partial charge in [-0.15, -0.1) is 0 Å². The number of aryl methyl sites for hydroxylation is 2. The second-order valence-corrected chi connectivity index (χ2v) is 7.46. The minimum Gasteiger partial charge on any atom is -0.326 e. The van der Waals surface area contributed by atoms with E-state index in [0.717, 1.165) is 17.5 Å². The van der Waals surface area contributed by atoms with Gasteiger partial charge in [0.25, 0.3) is 0 Å². The maximum atomic E-state index is 13.1. The first-order valence-electron chi connectivity index (χ1n) is 9.20. The van der Waals surface area contributed by atoms with Crippen molar-refractivity contribution in [1.82, 2.24) is 0 Å². The zero-order valence-corrected chi connectivity index (χ0v) is 15.5. The van der Waals surface area contributed by atoms with Gasteiger partial charge in [0.2, 0.25) is 5.91 Å². The fourth-order valence-electron chi connectivity index (χ4n) is 3.85. The van der Waals surface area contributed by atoms with Gasteiger partial charge in [-0.2, -0.15) is 0 Å². The number of hydrogen-bond acceptors (Lipinski definition) is 1. The molecule has 0 spiro atoms. The summed E-state index contributed by atoms with van der Waals surface area (Å²) >= 11 is 0. The van der Waals surface area contributed by atoms with Crippen LogP contribution in [0.3, 0.4) is 0 Å². The highest BCUT2D eigenvalue weighted by Gasteiger charge is 2.60. The Morgan fingerprint density at radius 2 is 1.33 bits per heavy atom. The van der Waals surface area contributed by atoms with Crippen LogP contribution in [0.1, 0.15) is 28.7 Å². The molecule has 0 bridgehead atoms. The lowest BCUT2D eigenvalue weighted by Crippen LogP contribution is -2.22. The largest absolute Gasteiger partial charge is 0.326 e. The Kier molecular flexibility index (Phi) is 4.31. The molecule has 0 radical (unpaired) electrons. The van der Waals surface area contributed by atoms with E-state index in [1.807, 2.05) is 0 Å². The molecule has 1 aliphatic rings. The average Bonchev–Trinajstić information content (AvgIpc) is 3.42. The van der Waals surface area contributed by atoms with Crippen molar-refractivity contribution in [2.75, 3.05) is 5.32 Å². The van der Waals surface area contributed by atoms with Gasteiger partial charge in [-0.05, 0) is 55.7 Å². The second-order valence-electron chi connectivity index (χ2n) is 7.46. The molecule has 3 heteroatoms. The van der Waals surface area contributed by atoms with E-state index in [4.69, 9.17) is 0 Å². The number of hydrogen-bond donors (Lipinski definition) is 1. The molecule has 27 heavy (non-hydrogen) atoms. The van der Waals surface area contributed by atoms with Crippen LogP contribution in [-0.4, -0.2) is 5.91 Å². The third-order valence-electron chi connectivity index (χ3n) is 5.52. The van der Waals surface area contributed by atoms with E-state index in [1.165, 1.54) is 23.3 Å². The van der Waals surface area contributed by atoms with Crippen LogP contribution in [0.5, 0.6) is 0 Å². The van der Waals surface area contributed by atoms with Gasteiger partial charge in [0.05, 0.1) is 5.92 Å². The molecule has 0 aliphatic heterocycles. The summed E-state index contributed by atoms with van der Waals surface area (Å²) in [5.74, 6) is -0.483. The van der Waals surface area contributed by atoms with Crippen LogP contribution in [0.4, 0.5) is 10.1 Å². The molecule has 136 valence electrons. The Hall–Kier alpha value is -2.94. The minimum absolute atomic E-state index is 0.0252. The quantitative estimate of drug-likeness (QED) is 0.665. The lowest BCUT2D eigenvalue weighted by molar-refractivity contribution is -0.117. The van der Waals surface area contributed by atoms with Crippen molar-refractivity contribution in [3.63, 3.8) is 0 Å². The SMILES string of the molecule is Cc1ccc(C2(c3ccc(C)cc3)C[C@H]2C(=O)Nc2ccc(F)cc2)cc1. The molecule has 3 aromatic carbocycles. The number of benzene rings is 3. The molecule has 1 N–H and O–H groups in total. The van der Waals surface area contributed by atoms with Crippen molar-refractivity contribution in [3.8, 4) is 0 Å². The maximum absolute atomic E-state index is 13.1.